The Labute approximate surface area is 133 Å². The van der Waals surface area contributed by atoms with E-state index in [1.807, 2.05) is 12.1 Å². The van der Waals surface area contributed by atoms with E-state index in [1.54, 1.807) is 6.20 Å². The van der Waals surface area contributed by atoms with Crippen LogP contribution in [0.1, 0.15) is 51.0 Å². The Balaban J connectivity index is 1.64. The number of rotatable bonds is 10. The third kappa shape index (κ3) is 6.78. The van der Waals surface area contributed by atoms with Gasteiger partial charge in [0.15, 0.2) is 5.96 Å². The van der Waals surface area contributed by atoms with Gasteiger partial charge in [0.05, 0.1) is 13.2 Å². The fraction of sp³-hybridized carbons (Fsp3) is 0.647. The Morgan fingerprint density at radius 2 is 2.23 bits per heavy atom. The van der Waals surface area contributed by atoms with E-state index >= 15 is 0 Å². The van der Waals surface area contributed by atoms with Crippen LogP contribution < -0.4 is 15.8 Å². The lowest BCUT2D eigenvalue weighted by Crippen LogP contribution is -2.32. The van der Waals surface area contributed by atoms with Gasteiger partial charge < -0.3 is 15.8 Å². The SMILES string of the molecule is CCCCCCNC(N)=NCc1ccc(OCC2CC2)nc1. The van der Waals surface area contributed by atoms with Gasteiger partial charge in [-0.25, -0.2) is 9.98 Å². The molecule has 0 amide bonds. The normalized spacial score (nSPS) is 14.9. The molecule has 22 heavy (non-hydrogen) atoms. The van der Waals surface area contributed by atoms with E-state index < -0.39 is 0 Å². The first-order valence-electron chi connectivity index (χ1n) is 8.39. The van der Waals surface area contributed by atoms with Gasteiger partial charge in [-0.3, -0.25) is 0 Å². The van der Waals surface area contributed by atoms with E-state index in [0.29, 0.717) is 18.4 Å². The van der Waals surface area contributed by atoms with Crippen molar-refractivity contribution in [2.45, 2.75) is 52.0 Å². The lowest BCUT2D eigenvalue weighted by molar-refractivity contribution is 0.288. The summed E-state index contributed by atoms with van der Waals surface area (Å²) in [5.74, 6) is 1.95. The van der Waals surface area contributed by atoms with Gasteiger partial charge in [0.2, 0.25) is 5.88 Å². The molecule has 0 radical (unpaired) electrons. The number of nitrogens with one attached hydrogen (secondary N) is 1. The molecule has 5 nitrogen and oxygen atoms in total. The lowest BCUT2D eigenvalue weighted by atomic mass is 10.2. The van der Waals surface area contributed by atoms with E-state index in [-0.39, 0.29) is 0 Å². The number of guanidine groups is 1. The van der Waals surface area contributed by atoms with Gasteiger partial charge in [0.1, 0.15) is 0 Å². The van der Waals surface area contributed by atoms with Crippen LogP contribution in [-0.2, 0) is 6.54 Å². The summed E-state index contributed by atoms with van der Waals surface area (Å²) in [6, 6.07) is 3.90. The van der Waals surface area contributed by atoms with Crippen LogP contribution in [0.4, 0.5) is 0 Å². The topological polar surface area (TPSA) is 72.5 Å². The standard InChI is InChI=1S/C17H28N4O/c1-2-3-4-5-10-19-17(18)21-12-15-8-9-16(20-11-15)22-13-14-6-7-14/h8-9,11,14H,2-7,10,12-13H2,1H3,(H3,18,19,21). The molecule has 1 heterocycles. The second kappa shape index (κ2) is 9.28. The number of unbranched alkanes of at least 4 members (excludes halogenated alkanes) is 3. The van der Waals surface area contributed by atoms with Crippen molar-refractivity contribution in [3.8, 4) is 5.88 Å². The maximum Gasteiger partial charge on any atom is 0.213 e. The third-order valence-electron chi connectivity index (χ3n) is 3.73. The van der Waals surface area contributed by atoms with Crippen LogP contribution in [0.25, 0.3) is 0 Å². The van der Waals surface area contributed by atoms with E-state index in [0.717, 1.165) is 31.1 Å². The summed E-state index contributed by atoms with van der Waals surface area (Å²) in [7, 11) is 0. The monoisotopic (exact) mass is 304 g/mol. The first kappa shape index (κ1) is 16.6. The third-order valence-corrected chi connectivity index (χ3v) is 3.73. The molecule has 2 rings (SSSR count). The zero-order chi connectivity index (χ0) is 15.6. The van der Waals surface area contributed by atoms with E-state index in [1.165, 1.54) is 32.1 Å². The minimum Gasteiger partial charge on any atom is -0.477 e. The molecule has 3 N–H and O–H groups in total. The summed E-state index contributed by atoms with van der Waals surface area (Å²) >= 11 is 0. The summed E-state index contributed by atoms with van der Waals surface area (Å²) in [5, 5.41) is 3.15. The molecule has 122 valence electrons. The minimum atomic E-state index is 0.505. The smallest absolute Gasteiger partial charge is 0.213 e. The van der Waals surface area contributed by atoms with Crippen molar-refractivity contribution in [3.05, 3.63) is 23.9 Å². The van der Waals surface area contributed by atoms with Crippen LogP contribution in [0.5, 0.6) is 5.88 Å². The second-order valence-corrected chi connectivity index (χ2v) is 5.95. The molecular weight excluding hydrogens is 276 g/mol. The summed E-state index contributed by atoms with van der Waals surface area (Å²) in [5.41, 5.74) is 6.88. The van der Waals surface area contributed by atoms with Crippen LogP contribution in [0.3, 0.4) is 0 Å². The summed E-state index contributed by atoms with van der Waals surface area (Å²) in [4.78, 5) is 8.63. The highest BCUT2D eigenvalue weighted by atomic mass is 16.5. The zero-order valence-electron chi connectivity index (χ0n) is 13.6. The van der Waals surface area contributed by atoms with Crippen molar-refractivity contribution in [1.82, 2.24) is 10.3 Å². The predicted molar refractivity (Wildman–Crippen MR) is 89.9 cm³/mol. The van der Waals surface area contributed by atoms with E-state index in [2.05, 4.69) is 22.2 Å². The lowest BCUT2D eigenvalue weighted by Gasteiger charge is -2.06. The first-order valence-corrected chi connectivity index (χ1v) is 8.39. The molecule has 0 aliphatic heterocycles. The van der Waals surface area contributed by atoms with Crippen LogP contribution in [0.15, 0.2) is 23.3 Å². The number of nitrogens with zero attached hydrogens (tertiary/aromatic N) is 2. The number of aromatic nitrogens is 1. The molecule has 1 fully saturated rings. The van der Waals surface area contributed by atoms with E-state index in [9.17, 15) is 0 Å². The van der Waals surface area contributed by atoms with Crippen molar-refractivity contribution < 1.29 is 4.74 Å². The van der Waals surface area contributed by atoms with Gasteiger partial charge in [0, 0.05) is 18.8 Å². The predicted octanol–water partition coefficient (Wildman–Crippen LogP) is 2.86. The van der Waals surface area contributed by atoms with Crippen molar-refractivity contribution >= 4 is 5.96 Å². The van der Waals surface area contributed by atoms with Gasteiger partial charge in [0.25, 0.3) is 0 Å². The Morgan fingerprint density at radius 1 is 1.36 bits per heavy atom. The van der Waals surface area contributed by atoms with Gasteiger partial charge >= 0.3 is 0 Å². The van der Waals surface area contributed by atoms with Crippen molar-refractivity contribution in [3.63, 3.8) is 0 Å². The van der Waals surface area contributed by atoms with Crippen molar-refractivity contribution in [2.75, 3.05) is 13.2 Å². The highest BCUT2D eigenvalue weighted by Crippen LogP contribution is 2.29. The molecule has 0 bridgehead atoms. The molecule has 1 aromatic heterocycles. The van der Waals surface area contributed by atoms with Crippen LogP contribution >= 0.6 is 0 Å². The average Bonchev–Trinajstić information content (AvgIpc) is 3.36. The Morgan fingerprint density at radius 3 is 2.91 bits per heavy atom. The van der Waals surface area contributed by atoms with E-state index in [4.69, 9.17) is 10.5 Å². The largest absolute Gasteiger partial charge is 0.477 e. The zero-order valence-corrected chi connectivity index (χ0v) is 13.6. The van der Waals surface area contributed by atoms with Crippen molar-refractivity contribution in [2.24, 2.45) is 16.6 Å². The molecule has 0 atom stereocenters. The fourth-order valence-corrected chi connectivity index (χ4v) is 2.08. The highest BCUT2D eigenvalue weighted by molar-refractivity contribution is 5.77. The molecule has 1 aliphatic rings. The number of hydrogen-bond acceptors (Lipinski definition) is 3. The molecule has 1 aromatic rings. The number of ether oxygens (including phenoxy) is 1. The maximum atomic E-state index is 5.85. The molecule has 0 aromatic carbocycles. The Kier molecular flexibility index (Phi) is 7.00. The number of pyridine rings is 1. The molecule has 5 heteroatoms. The molecule has 0 spiro atoms. The second-order valence-electron chi connectivity index (χ2n) is 5.95. The summed E-state index contributed by atoms with van der Waals surface area (Å²) in [6.45, 7) is 4.43. The number of aliphatic imine (C=N–C) groups is 1. The minimum absolute atomic E-state index is 0.505. The molecule has 1 aliphatic carbocycles. The van der Waals surface area contributed by atoms with Gasteiger partial charge in [-0.05, 0) is 30.7 Å². The average molecular weight is 304 g/mol. The van der Waals surface area contributed by atoms with Crippen LogP contribution in [0, 0.1) is 5.92 Å². The summed E-state index contributed by atoms with van der Waals surface area (Å²) < 4.78 is 5.61. The number of nitrogens with two attached hydrogens (primary N) is 1. The quantitative estimate of drug-likeness (QED) is 0.396. The summed E-state index contributed by atoms with van der Waals surface area (Å²) in [6.07, 6.45) is 9.29. The van der Waals surface area contributed by atoms with Gasteiger partial charge in [-0.15, -0.1) is 0 Å². The van der Waals surface area contributed by atoms with Crippen molar-refractivity contribution in [1.29, 1.82) is 0 Å². The molecule has 0 saturated heterocycles. The van der Waals surface area contributed by atoms with Gasteiger partial charge in [-0.2, -0.15) is 0 Å². The maximum absolute atomic E-state index is 5.85. The first-order chi connectivity index (χ1) is 10.8. The van der Waals surface area contributed by atoms with Gasteiger partial charge in [-0.1, -0.05) is 32.3 Å². The Bertz CT molecular complexity index is 454. The molecule has 1 saturated carbocycles. The van der Waals surface area contributed by atoms with Crippen LogP contribution in [-0.4, -0.2) is 24.1 Å². The Hall–Kier alpha value is -1.78. The number of hydrogen-bond donors (Lipinski definition) is 2. The fourth-order valence-electron chi connectivity index (χ4n) is 2.08. The van der Waals surface area contributed by atoms with Crippen LogP contribution in [0.2, 0.25) is 0 Å². The highest BCUT2D eigenvalue weighted by Gasteiger charge is 2.21. The molecular formula is C17H28N4O. The molecule has 0 unspecified atom stereocenters.